The molecule has 1 heterocycles. The minimum atomic E-state index is -0.657. The number of benzene rings is 3. The fraction of sp³-hybridized carbons (Fsp3) is 0.355. The van der Waals surface area contributed by atoms with Gasteiger partial charge in [-0.3, -0.25) is 4.79 Å². The maximum atomic E-state index is 13.6. The van der Waals surface area contributed by atoms with E-state index in [4.69, 9.17) is 33.2 Å². The molecule has 5 rings (SSSR count). The maximum Gasteiger partial charge on any atom is 0.343 e. The lowest BCUT2D eigenvalue weighted by Crippen LogP contribution is -2.26. The number of carbonyl (C=O) groups excluding carboxylic acids is 2. The Labute approximate surface area is 232 Å². The second kappa shape index (κ2) is 11.8. The van der Waals surface area contributed by atoms with Gasteiger partial charge in [0.05, 0.1) is 33.9 Å². The number of ether oxygens (including phenoxy) is 7. The van der Waals surface area contributed by atoms with Crippen LogP contribution >= 0.6 is 0 Å². The summed E-state index contributed by atoms with van der Waals surface area (Å²) in [4.78, 5) is 25.6. The second-order valence-corrected chi connectivity index (χ2v) is 9.52. The number of esters is 2. The van der Waals surface area contributed by atoms with Crippen LogP contribution in [0.4, 0.5) is 0 Å². The summed E-state index contributed by atoms with van der Waals surface area (Å²) in [6.07, 6.45) is 0.856. The summed E-state index contributed by atoms with van der Waals surface area (Å²) in [6.45, 7) is 2.45. The minimum Gasteiger partial charge on any atom is -0.497 e. The lowest BCUT2D eigenvalue weighted by atomic mass is 9.79. The fourth-order valence-electron chi connectivity index (χ4n) is 5.48. The average Bonchev–Trinajstić information content (AvgIpc) is 3.60. The van der Waals surface area contributed by atoms with Crippen molar-refractivity contribution in [3.05, 3.63) is 76.9 Å². The highest BCUT2D eigenvalue weighted by atomic mass is 16.7. The third-order valence-electron chi connectivity index (χ3n) is 7.28. The summed E-state index contributed by atoms with van der Waals surface area (Å²) < 4.78 is 38.7. The summed E-state index contributed by atoms with van der Waals surface area (Å²) in [5.74, 6) is 0.518. The van der Waals surface area contributed by atoms with Crippen molar-refractivity contribution in [1.29, 1.82) is 0 Å². The summed E-state index contributed by atoms with van der Waals surface area (Å²) in [7, 11) is 4.23. The van der Waals surface area contributed by atoms with Crippen LogP contribution in [0.25, 0.3) is 0 Å². The molecular formula is C31H32O9. The number of fused-ring (bicyclic) bond motifs is 2. The summed E-state index contributed by atoms with van der Waals surface area (Å²) in [5, 5.41) is 0. The molecule has 3 aromatic carbocycles. The van der Waals surface area contributed by atoms with Gasteiger partial charge in [-0.25, -0.2) is 4.79 Å². The first-order chi connectivity index (χ1) is 19.5. The average molecular weight is 549 g/mol. The third-order valence-corrected chi connectivity index (χ3v) is 7.28. The highest BCUT2D eigenvalue weighted by molar-refractivity contribution is 5.80. The maximum absolute atomic E-state index is 13.6. The third kappa shape index (κ3) is 5.11. The molecule has 9 heteroatoms. The summed E-state index contributed by atoms with van der Waals surface area (Å²) in [6, 6.07) is 17.0. The van der Waals surface area contributed by atoms with Crippen LogP contribution in [0.15, 0.2) is 54.6 Å². The molecule has 3 atom stereocenters. The predicted octanol–water partition coefficient (Wildman–Crippen LogP) is 4.83. The molecule has 0 amide bonds. The molecular weight excluding hydrogens is 516 g/mol. The van der Waals surface area contributed by atoms with Crippen molar-refractivity contribution in [2.45, 2.75) is 25.2 Å². The molecule has 210 valence electrons. The first-order valence-electron chi connectivity index (χ1n) is 13.1. The number of hydrogen-bond donors (Lipinski definition) is 0. The van der Waals surface area contributed by atoms with Crippen LogP contribution in [-0.4, -0.2) is 53.3 Å². The van der Waals surface area contributed by atoms with Crippen LogP contribution in [0, 0.1) is 5.92 Å². The molecule has 1 aliphatic carbocycles. The van der Waals surface area contributed by atoms with E-state index in [0.29, 0.717) is 40.9 Å². The van der Waals surface area contributed by atoms with E-state index in [1.165, 1.54) is 14.2 Å². The first-order valence-corrected chi connectivity index (χ1v) is 13.1. The smallest absolute Gasteiger partial charge is 0.343 e. The fourth-order valence-corrected chi connectivity index (χ4v) is 5.48. The van der Waals surface area contributed by atoms with E-state index in [0.717, 1.165) is 23.1 Å². The number of rotatable bonds is 10. The largest absolute Gasteiger partial charge is 0.497 e. The molecule has 0 aromatic heterocycles. The zero-order valence-electron chi connectivity index (χ0n) is 22.9. The van der Waals surface area contributed by atoms with Crippen LogP contribution in [0.2, 0.25) is 0 Å². The molecule has 40 heavy (non-hydrogen) atoms. The van der Waals surface area contributed by atoms with E-state index < -0.39 is 17.8 Å². The Morgan fingerprint density at radius 3 is 2.33 bits per heavy atom. The van der Waals surface area contributed by atoms with Gasteiger partial charge in [0.25, 0.3) is 0 Å². The van der Waals surface area contributed by atoms with Crippen LogP contribution in [0.5, 0.6) is 28.7 Å². The van der Waals surface area contributed by atoms with Gasteiger partial charge in [0.2, 0.25) is 6.79 Å². The molecule has 0 spiro atoms. The van der Waals surface area contributed by atoms with Crippen molar-refractivity contribution in [2.24, 2.45) is 5.92 Å². The molecule has 0 bridgehead atoms. The van der Waals surface area contributed by atoms with Gasteiger partial charge < -0.3 is 33.2 Å². The standard InChI is InChI=1S/C31H32O9/c1-5-12-37-20-8-9-21-23(14-20)29(22-10-7-19(34-2)15-25(22)38-16-27(32)35-3)30(31(33)36-4)28(21)18-6-11-24-26(13-18)40-17-39-24/h6-11,13-15,28-30H,5,12,16-17H2,1-4H3/t28-,29+,30+/m0/s1. The minimum absolute atomic E-state index is 0.147. The lowest BCUT2D eigenvalue weighted by Gasteiger charge is -2.26. The Bertz CT molecular complexity index is 1400. The molecule has 0 saturated carbocycles. The van der Waals surface area contributed by atoms with E-state index in [-0.39, 0.29) is 25.3 Å². The molecule has 9 nitrogen and oxygen atoms in total. The lowest BCUT2D eigenvalue weighted by molar-refractivity contribution is -0.146. The van der Waals surface area contributed by atoms with E-state index >= 15 is 0 Å². The van der Waals surface area contributed by atoms with Crippen LogP contribution < -0.4 is 23.7 Å². The zero-order chi connectivity index (χ0) is 28.2. The normalized spacial score (nSPS) is 18.6. The van der Waals surface area contributed by atoms with E-state index in [2.05, 4.69) is 0 Å². The van der Waals surface area contributed by atoms with Gasteiger partial charge in [-0.1, -0.05) is 25.1 Å². The van der Waals surface area contributed by atoms with Crippen molar-refractivity contribution in [3.63, 3.8) is 0 Å². The van der Waals surface area contributed by atoms with Crippen molar-refractivity contribution in [3.8, 4) is 28.7 Å². The topological polar surface area (TPSA) is 98.8 Å². The van der Waals surface area contributed by atoms with Gasteiger partial charge in [-0.05, 0) is 53.4 Å². The molecule has 0 fully saturated rings. The Morgan fingerprint density at radius 2 is 1.57 bits per heavy atom. The van der Waals surface area contributed by atoms with Crippen LogP contribution in [0.1, 0.15) is 47.4 Å². The molecule has 0 unspecified atom stereocenters. The number of hydrogen-bond acceptors (Lipinski definition) is 9. The Kier molecular flexibility index (Phi) is 8.00. The highest BCUT2D eigenvalue weighted by Gasteiger charge is 2.48. The van der Waals surface area contributed by atoms with E-state index in [1.807, 2.05) is 49.4 Å². The molecule has 1 aliphatic heterocycles. The summed E-state index contributed by atoms with van der Waals surface area (Å²) in [5.41, 5.74) is 3.45. The van der Waals surface area contributed by atoms with Gasteiger partial charge in [0.1, 0.15) is 17.2 Å². The highest BCUT2D eigenvalue weighted by Crippen LogP contribution is 2.56. The van der Waals surface area contributed by atoms with Gasteiger partial charge >= 0.3 is 11.9 Å². The van der Waals surface area contributed by atoms with Gasteiger partial charge in [-0.2, -0.15) is 0 Å². The molecule has 0 saturated heterocycles. The van der Waals surface area contributed by atoms with Crippen molar-refractivity contribution in [2.75, 3.05) is 41.3 Å². The number of carbonyl (C=O) groups is 2. The van der Waals surface area contributed by atoms with E-state index in [9.17, 15) is 9.59 Å². The Morgan fingerprint density at radius 1 is 0.800 bits per heavy atom. The molecule has 3 aromatic rings. The van der Waals surface area contributed by atoms with Gasteiger partial charge in [0, 0.05) is 23.5 Å². The van der Waals surface area contributed by atoms with Gasteiger partial charge in [-0.15, -0.1) is 0 Å². The first kappa shape index (κ1) is 27.2. The quantitative estimate of drug-likeness (QED) is 0.330. The Hall–Kier alpha value is -4.40. The molecule has 0 radical (unpaired) electrons. The van der Waals surface area contributed by atoms with Crippen LogP contribution in [0.3, 0.4) is 0 Å². The zero-order valence-corrected chi connectivity index (χ0v) is 22.9. The monoisotopic (exact) mass is 548 g/mol. The SMILES string of the molecule is CCCOc1ccc2c(c1)[C@@H](c1ccc(OC)cc1OCC(=O)OC)[C@H](C(=O)OC)[C@H]2c1ccc2c(c1)OCO2. The molecule has 2 aliphatic rings. The second-order valence-electron chi connectivity index (χ2n) is 9.52. The van der Waals surface area contributed by atoms with Gasteiger partial charge in [0.15, 0.2) is 18.1 Å². The number of methoxy groups -OCH3 is 3. The van der Waals surface area contributed by atoms with E-state index in [1.54, 1.807) is 19.2 Å². The predicted molar refractivity (Wildman–Crippen MR) is 144 cm³/mol. The van der Waals surface area contributed by atoms with Crippen molar-refractivity contribution >= 4 is 11.9 Å². The summed E-state index contributed by atoms with van der Waals surface area (Å²) >= 11 is 0. The van der Waals surface area contributed by atoms with Crippen LogP contribution in [-0.2, 0) is 19.1 Å². The molecule has 0 N–H and O–H groups in total. The Balaban J connectivity index is 1.69. The van der Waals surface area contributed by atoms with Crippen molar-refractivity contribution in [1.82, 2.24) is 0 Å². The van der Waals surface area contributed by atoms with Crippen molar-refractivity contribution < 1.29 is 42.7 Å².